The molecule has 28 heavy (non-hydrogen) atoms. The van der Waals surface area contributed by atoms with Crippen molar-refractivity contribution >= 4 is 11.4 Å². The Morgan fingerprint density at radius 2 is 1.68 bits per heavy atom. The molecule has 0 spiro atoms. The van der Waals surface area contributed by atoms with Crippen LogP contribution in [0.15, 0.2) is 60.7 Å². The zero-order valence-corrected chi connectivity index (χ0v) is 16.7. The Balaban J connectivity index is 1.89. The molecule has 0 unspecified atom stereocenters. The molecule has 0 fully saturated rings. The standard InChI is InChI=1S/C23H25FN2O2/c1-26(2)15-16-8-10-18(11-9-16)25-21-13-12-20(22(24)23(21)28-4)17-6-5-7-19(14-17)27-3/h5-14,25H,15H2,1-4H3/p+1. The molecule has 3 rings (SSSR count). The highest BCUT2D eigenvalue weighted by Gasteiger charge is 2.16. The Kier molecular flexibility index (Phi) is 6.16. The van der Waals surface area contributed by atoms with Crippen molar-refractivity contribution in [3.8, 4) is 22.6 Å². The molecule has 0 amide bonds. The molecule has 4 nitrogen and oxygen atoms in total. The van der Waals surface area contributed by atoms with E-state index in [4.69, 9.17) is 9.47 Å². The maximum Gasteiger partial charge on any atom is 0.178 e. The fourth-order valence-electron chi connectivity index (χ4n) is 3.14. The lowest BCUT2D eigenvalue weighted by Crippen LogP contribution is -3.04. The van der Waals surface area contributed by atoms with Gasteiger partial charge < -0.3 is 19.7 Å². The van der Waals surface area contributed by atoms with E-state index in [1.165, 1.54) is 17.6 Å². The van der Waals surface area contributed by atoms with Crippen LogP contribution in [0.3, 0.4) is 0 Å². The number of methoxy groups -OCH3 is 2. The van der Waals surface area contributed by atoms with Crippen LogP contribution in [0.1, 0.15) is 5.56 Å². The summed E-state index contributed by atoms with van der Waals surface area (Å²) in [6.07, 6.45) is 0. The normalized spacial score (nSPS) is 10.8. The second kappa shape index (κ2) is 8.76. The molecule has 0 saturated heterocycles. The first-order chi connectivity index (χ1) is 13.5. The van der Waals surface area contributed by atoms with Gasteiger partial charge in [-0.3, -0.25) is 0 Å². The lowest BCUT2D eigenvalue weighted by Gasteiger charge is -2.15. The number of hydrogen-bond donors (Lipinski definition) is 2. The van der Waals surface area contributed by atoms with Crippen LogP contribution in [0.5, 0.6) is 11.5 Å². The highest BCUT2D eigenvalue weighted by Crippen LogP contribution is 2.37. The molecular formula is C23H26FN2O2+. The van der Waals surface area contributed by atoms with Crippen molar-refractivity contribution in [2.75, 3.05) is 33.6 Å². The maximum absolute atomic E-state index is 15.2. The second-order valence-electron chi connectivity index (χ2n) is 6.95. The molecule has 2 N–H and O–H groups in total. The molecule has 0 radical (unpaired) electrons. The highest BCUT2D eigenvalue weighted by atomic mass is 19.1. The van der Waals surface area contributed by atoms with E-state index in [1.807, 2.05) is 36.4 Å². The molecule has 5 heteroatoms. The minimum absolute atomic E-state index is 0.183. The Morgan fingerprint density at radius 3 is 2.32 bits per heavy atom. The van der Waals surface area contributed by atoms with Gasteiger partial charge in [0.25, 0.3) is 0 Å². The van der Waals surface area contributed by atoms with E-state index < -0.39 is 5.82 Å². The first-order valence-electron chi connectivity index (χ1n) is 9.17. The average molecular weight is 381 g/mol. The van der Waals surface area contributed by atoms with Gasteiger partial charge in [-0.05, 0) is 42.0 Å². The Labute approximate surface area is 165 Å². The molecule has 0 atom stereocenters. The molecule has 146 valence electrons. The van der Waals surface area contributed by atoms with Crippen LogP contribution >= 0.6 is 0 Å². The molecule has 3 aromatic rings. The van der Waals surface area contributed by atoms with Crippen LogP contribution in [-0.2, 0) is 6.54 Å². The molecule has 0 saturated carbocycles. The topological polar surface area (TPSA) is 34.9 Å². The Hall–Kier alpha value is -3.05. The summed E-state index contributed by atoms with van der Waals surface area (Å²) in [6.45, 7) is 0.952. The third-order valence-electron chi connectivity index (χ3n) is 4.47. The van der Waals surface area contributed by atoms with E-state index in [2.05, 4.69) is 31.5 Å². The highest BCUT2D eigenvalue weighted by molar-refractivity contribution is 5.75. The van der Waals surface area contributed by atoms with Gasteiger partial charge in [0.2, 0.25) is 0 Å². The third-order valence-corrected chi connectivity index (χ3v) is 4.47. The molecule has 0 aliphatic heterocycles. The number of benzene rings is 3. The smallest absolute Gasteiger partial charge is 0.178 e. The zero-order valence-electron chi connectivity index (χ0n) is 16.7. The summed E-state index contributed by atoms with van der Waals surface area (Å²) in [5.74, 6) is 0.452. The quantitative estimate of drug-likeness (QED) is 0.652. The summed E-state index contributed by atoms with van der Waals surface area (Å²) in [5.41, 5.74) is 3.90. The van der Waals surface area contributed by atoms with Crippen LogP contribution < -0.4 is 19.7 Å². The molecule has 0 aromatic heterocycles. The fraction of sp³-hybridized carbons (Fsp3) is 0.217. The van der Waals surface area contributed by atoms with Crippen LogP contribution in [0.2, 0.25) is 0 Å². The molecule has 0 aliphatic carbocycles. The van der Waals surface area contributed by atoms with Crippen LogP contribution in [0, 0.1) is 5.82 Å². The SMILES string of the molecule is COc1cccc(-c2ccc(Nc3ccc(C[NH+](C)C)cc3)c(OC)c2F)c1. The summed E-state index contributed by atoms with van der Waals surface area (Å²) < 4.78 is 25.8. The minimum atomic E-state index is -0.409. The molecule has 3 aromatic carbocycles. The van der Waals surface area contributed by atoms with Gasteiger partial charge in [0.05, 0.1) is 34.0 Å². The van der Waals surface area contributed by atoms with Gasteiger partial charge in [-0.2, -0.15) is 0 Å². The molecule has 0 heterocycles. The largest absolute Gasteiger partial charge is 0.497 e. The van der Waals surface area contributed by atoms with E-state index in [1.54, 1.807) is 19.2 Å². The van der Waals surface area contributed by atoms with Crippen molar-refractivity contribution < 1.29 is 18.8 Å². The fourth-order valence-corrected chi connectivity index (χ4v) is 3.14. The lowest BCUT2D eigenvalue weighted by molar-refractivity contribution is -0.872. The van der Waals surface area contributed by atoms with Crippen molar-refractivity contribution in [2.24, 2.45) is 0 Å². The summed E-state index contributed by atoms with van der Waals surface area (Å²) in [6, 6.07) is 19.0. The summed E-state index contributed by atoms with van der Waals surface area (Å²) >= 11 is 0. The van der Waals surface area contributed by atoms with Gasteiger partial charge >= 0.3 is 0 Å². The number of halogens is 1. The number of nitrogens with one attached hydrogen (secondary N) is 2. The van der Waals surface area contributed by atoms with Gasteiger partial charge in [-0.15, -0.1) is 0 Å². The second-order valence-corrected chi connectivity index (χ2v) is 6.95. The number of ether oxygens (including phenoxy) is 2. The van der Waals surface area contributed by atoms with Gasteiger partial charge in [-0.1, -0.05) is 24.3 Å². The lowest BCUT2D eigenvalue weighted by atomic mass is 10.0. The predicted molar refractivity (Wildman–Crippen MR) is 111 cm³/mol. The van der Waals surface area contributed by atoms with Crippen LogP contribution in [-0.4, -0.2) is 28.3 Å². The number of anilines is 2. The first kappa shape index (κ1) is 19.7. The van der Waals surface area contributed by atoms with E-state index in [9.17, 15) is 0 Å². The van der Waals surface area contributed by atoms with Gasteiger partial charge in [0.1, 0.15) is 12.3 Å². The van der Waals surface area contributed by atoms with Crippen molar-refractivity contribution in [1.82, 2.24) is 0 Å². The molecule has 0 bridgehead atoms. The summed E-state index contributed by atoms with van der Waals surface area (Å²) in [7, 11) is 7.30. The van der Waals surface area contributed by atoms with Crippen molar-refractivity contribution in [3.63, 3.8) is 0 Å². The zero-order chi connectivity index (χ0) is 20.1. The van der Waals surface area contributed by atoms with Gasteiger partial charge in [-0.25, -0.2) is 4.39 Å². The monoisotopic (exact) mass is 381 g/mol. The van der Waals surface area contributed by atoms with Crippen molar-refractivity contribution in [2.45, 2.75) is 6.54 Å². The molecule has 0 aliphatic rings. The number of hydrogen-bond acceptors (Lipinski definition) is 3. The van der Waals surface area contributed by atoms with Gasteiger partial charge in [0.15, 0.2) is 11.6 Å². The minimum Gasteiger partial charge on any atom is -0.497 e. The summed E-state index contributed by atoms with van der Waals surface area (Å²) in [4.78, 5) is 1.36. The van der Waals surface area contributed by atoms with E-state index in [0.29, 0.717) is 17.0 Å². The maximum atomic E-state index is 15.2. The van der Waals surface area contributed by atoms with E-state index >= 15 is 4.39 Å². The molecular weight excluding hydrogens is 355 g/mol. The van der Waals surface area contributed by atoms with E-state index in [0.717, 1.165) is 17.8 Å². The third kappa shape index (κ3) is 4.43. The average Bonchev–Trinajstić information content (AvgIpc) is 2.69. The van der Waals surface area contributed by atoms with Crippen molar-refractivity contribution in [3.05, 3.63) is 72.0 Å². The van der Waals surface area contributed by atoms with Crippen molar-refractivity contribution in [1.29, 1.82) is 0 Å². The van der Waals surface area contributed by atoms with E-state index in [-0.39, 0.29) is 5.75 Å². The predicted octanol–water partition coefficient (Wildman–Crippen LogP) is 3.90. The Morgan fingerprint density at radius 1 is 0.929 bits per heavy atom. The van der Waals surface area contributed by atoms with Crippen LogP contribution in [0.25, 0.3) is 11.1 Å². The first-order valence-corrected chi connectivity index (χ1v) is 9.17. The Bertz CT molecular complexity index is 940. The van der Waals surface area contributed by atoms with Crippen LogP contribution in [0.4, 0.5) is 15.8 Å². The van der Waals surface area contributed by atoms with Gasteiger partial charge in [0, 0.05) is 16.8 Å². The number of quaternary nitrogens is 1. The summed E-state index contributed by atoms with van der Waals surface area (Å²) in [5, 5.41) is 3.25. The number of rotatable bonds is 7.